The number of aromatic nitrogens is 4. The van der Waals surface area contributed by atoms with E-state index >= 15 is 0 Å². The van der Waals surface area contributed by atoms with E-state index in [9.17, 15) is 5.26 Å². The monoisotopic (exact) mass is 311 g/mol. The van der Waals surface area contributed by atoms with Crippen molar-refractivity contribution in [3.8, 4) is 6.07 Å². The van der Waals surface area contributed by atoms with Gasteiger partial charge in [-0.05, 0) is 12.0 Å². The molecule has 0 fully saturated rings. The first-order chi connectivity index (χ1) is 10.7. The normalized spacial score (nSPS) is 14.1. The van der Waals surface area contributed by atoms with E-state index in [1.165, 1.54) is 11.3 Å². The summed E-state index contributed by atoms with van der Waals surface area (Å²) in [5.74, 6) is 0.884. The second kappa shape index (κ2) is 4.68. The van der Waals surface area contributed by atoms with Crippen molar-refractivity contribution in [2.24, 2.45) is 7.05 Å². The third-order valence-corrected chi connectivity index (χ3v) is 5.05. The molecule has 0 saturated carbocycles. The van der Waals surface area contributed by atoms with Gasteiger partial charge in [-0.2, -0.15) is 10.4 Å². The summed E-state index contributed by atoms with van der Waals surface area (Å²) in [6.45, 7) is 1.52. The van der Waals surface area contributed by atoms with Crippen molar-refractivity contribution in [3.63, 3.8) is 0 Å². The molecular weight excluding hydrogens is 298 g/mol. The fraction of sp³-hybridized carbons (Fsp3) is 0.286. The lowest BCUT2D eigenvalue weighted by atomic mass is 10.0. The number of fused-ring (bicyclic) bond motifs is 2. The highest BCUT2D eigenvalue weighted by molar-refractivity contribution is 7.16. The lowest BCUT2D eigenvalue weighted by molar-refractivity contribution is 0.733. The molecule has 0 aliphatic carbocycles. The van der Waals surface area contributed by atoms with Crippen LogP contribution < -0.4 is 10.6 Å². The molecule has 110 valence electrons. The molecular formula is C14H13N7S. The van der Waals surface area contributed by atoms with Crippen molar-refractivity contribution in [2.75, 3.05) is 17.2 Å². The maximum absolute atomic E-state index is 9.22. The molecule has 1 aliphatic rings. The number of hydrogen-bond acceptors (Lipinski definition) is 7. The Balaban J connectivity index is 1.77. The molecule has 0 radical (unpaired) electrons. The Morgan fingerprint density at radius 2 is 2.27 bits per heavy atom. The lowest BCUT2D eigenvalue weighted by Gasteiger charge is -2.28. The number of nitriles is 1. The highest BCUT2D eigenvalue weighted by Crippen LogP contribution is 2.36. The Labute approximate surface area is 130 Å². The van der Waals surface area contributed by atoms with Crippen molar-refractivity contribution in [1.29, 1.82) is 5.26 Å². The van der Waals surface area contributed by atoms with Gasteiger partial charge in [0.15, 0.2) is 5.65 Å². The van der Waals surface area contributed by atoms with Crippen LogP contribution in [0.2, 0.25) is 0 Å². The van der Waals surface area contributed by atoms with Crippen LogP contribution in [0.25, 0.3) is 11.0 Å². The van der Waals surface area contributed by atoms with Crippen molar-refractivity contribution < 1.29 is 0 Å². The Bertz CT molecular complexity index is 917. The van der Waals surface area contributed by atoms with Gasteiger partial charge in [0.2, 0.25) is 0 Å². The number of anilines is 2. The zero-order valence-electron chi connectivity index (χ0n) is 11.9. The first kappa shape index (κ1) is 13.0. The topological polar surface area (TPSA) is 96.7 Å². The van der Waals surface area contributed by atoms with Crippen LogP contribution in [0, 0.1) is 11.3 Å². The molecule has 8 heteroatoms. The summed E-state index contributed by atoms with van der Waals surface area (Å²) >= 11 is 1.50. The summed E-state index contributed by atoms with van der Waals surface area (Å²) in [5, 5.41) is 15.0. The van der Waals surface area contributed by atoms with E-state index in [2.05, 4.69) is 26.0 Å². The fourth-order valence-corrected chi connectivity index (χ4v) is 4.01. The molecule has 4 heterocycles. The summed E-state index contributed by atoms with van der Waals surface area (Å²) in [5.41, 5.74) is 8.51. The van der Waals surface area contributed by atoms with Crippen LogP contribution in [-0.2, 0) is 20.0 Å². The minimum atomic E-state index is 0.614. The SMILES string of the molecule is Cn1ncc2c(N3CCc4c(sc(N)c4C#N)C3)ncnc21. The van der Waals surface area contributed by atoms with Crippen LogP contribution in [0.3, 0.4) is 0 Å². The highest BCUT2D eigenvalue weighted by atomic mass is 32.1. The van der Waals surface area contributed by atoms with Crippen LogP contribution in [0.5, 0.6) is 0 Å². The quantitative estimate of drug-likeness (QED) is 0.730. The Morgan fingerprint density at radius 1 is 1.41 bits per heavy atom. The van der Waals surface area contributed by atoms with Gasteiger partial charge in [0.25, 0.3) is 0 Å². The molecule has 4 rings (SSSR count). The average molecular weight is 311 g/mol. The molecule has 7 nitrogen and oxygen atoms in total. The Morgan fingerprint density at radius 3 is 3.09 bits per heavy atom. The first-order valence-corrected chi connectivity index (χ1v) is 7.68. The molecule has 0 amide bonds. The first-order valence-electron chi connectivity index (χ1n) is 6.87. The molecule has 2 N–H and O–H groups in total. The Kier molecular flexibility index (Phi) is 2.77. The van der Waals surface area contributed by atoms with Gasteiger partial charge in [-0.1, -0.05) is 0 Å². The molecule has 0 saturated heterocycles. The molecule has 0 bridgehead atoms. The van der Waals surface area contributed by atoms with Gasteiger partial charge in [-0.3, -0.25) is 4.68 Å². The van der Waals surface area contributed by atoms with Crippen molar-refractivity contribution >= 4 is 33.2 Å². The number of hydrogen-bond donors (Lipinski definition) is 1. The molecule has 0 aromatic carbocycles. The summed E-state index contributed by atoms with van der Waals surface area (Å²) in [4.78, 5) is 12.1. The number of nitrogen functional groups attached to an aromatic ring is 1. The highest BCUT2D eigenvalue weighted by Gasteiger charge is 2.25. The number of nitrogens with two attached hydrogens (primary N) is 1. The zero-order chi connectivity index (χ0) is 15.3. The van der Waals surface area contributed by atoms with E-state index < -0.39 is 0 Å². The van der Waals surface area contributed by atoms with Crippen molar-refractivity contribution in [2.45, 2.75) is 13.0 Å². The molecule has 0 unspecified atom stereocenters. The minimum Gasteiger partial charge on any atom is -0.389 e. The van der Waals surface area contributed by atoms with Crippen molar-refractivity contribution in [1.82, 2.24) is 19.7 Å². The fourth-order valence-electron chi connectivity index (χ4n) is 2.93. The van der Waals surface area contributed by atoms with Gasteiger partial charge in [0.05, 0.1) is 23.7 Å². The van der Waals surface area contributed by atoms with Gasteiger partial charge in [0.1, 0.15) is 23.2 Å². The van der Waals surface area contributed by atoms with Crippen LogP contribution in [0.1, 0.15) is 16.0 Å². The van der Waals surface area contributed by atoms with E-state index in [1.54, 1.807) is 17.2 Å². The average Bonchev–Trinajstić information content (AvgIpc) is 3.06. The third-order valence-electron chi connectivity index (χ3n) is 4.00. The largest absolute Gasteiger partial charge is 0.389 e. The van der Waals surface area contributed by atoms with Gasteiger partial charge in [-0.25, -0.2) is 9.97 Å². The van der Waals surface area contributed by atoms with E-state index in [4.69, 9.17) is 5.73 Å². The summed E-state index contributed by atoms with van der Waals surface area (Å²) in [6, 6.07) is 2.22. The minimum absolute atomic E-state index is 0.614. The van der Waals surface area contributed by atoms with Gasteiger partial charge in [-0.15, -0.1) is 11.3 Å². The summed E-state index contributed by atoms with van der Waals surface area (Å²) in [7, 11) is 1.87. The number of rotatable bonds is 1. The number of nitrogens with zero attached hydrogens (tertiary/aromatic N) is 6. The van der Waals surface area contributed by atoms with Crippen LogP contribution in [0.15, 0.2) is 12.5 Å². The lowest BCUT2D eigenvalue weighted by Crippen LogP contribution is -2.30. The molecule has 0 spiro atoms. The predicted molar refractivity (Wildman–Crippen MR) is 84.5 cm³/mol. The van der Waals surface area contributed by atoms with E-state index in [0.717, 1.165) is 40.3 Å². The third kappa shape index (κ3) is 1.76. The van der Waals surface area contributed by atoms with Gasteiger partial charge in [0, 0.05) is 18.5 Å². The van der Waals surface area contributed by atoms with Crippen LogP contribution >= 0.6 is 11.3 Å². The molecule has 0 atom stereocenters. The van der Waals surface area contributed by atoms with Gasteiger partial charge < -0.3 is 10.6 Å². The standard InChI is InChI=1S/C14H13N7S/c1-20-13-10(5-19-20)14(18-7-17-13)21-3-2-8-9(4-15)12(16)22-11(8)6-21/h5,7H,2-3,6,16H2,1H3. The molecule has 22 heavy (non-hydrogen) atoms. The molecule has 1 aliphatic heterocycles. The summed E-state index contributed by atoms with van der Waals surface area (Å²) < 4.78 is 1.74. The smallest absolute Gasteiger partial charge is 0.163 e. The predicted octanol–water partition coefficient (Wildman–Crippen LogP) is 1.44. The zero-order valence-corrected chi connectivity index (χ0v) is 12.8. The van der Waals surface area contributed by atoms with Gasteiger partial charge >= 0.3 is 0 Å². The van der Waals surface area contributed by atoms with Crippen LogP contribution in [-0.4, -0.2) is 26.3 Å². The number of aryl methyl sites for hydroxylation is 1. The second-order valence-corrected chi connectivity index (χ2v) is 6.37. The maximum Gasteiger partial charge on any atom is 0.163 e. The van der Waals surface area contributed by atoms with E-state index in [0.29, 0.717) is 17.1 Å². The Hall–Kier alpha value is -2.66. The van der Waals surface area contributed by atoms with E-state index in [-0.39, 0.29) is 0 Å². The summed E-state index contributed by atoms with van der Waals surface area (Å²) in [6.07, 6.45) is 4.17. The number of thiophene rings is 1. The second-order valence-electron chi connectivity index (χ2n) is 5.23. The molecule has 3 aromatic heterocycles. The van der Waals surface area contributed by atoms with E-state index in [1.807, 2.05) is 7.05 Å². The molecule has 3 aromatic rings. The van der Waals surface area contributed by atoms with Crippen molar-refractivity contribution in [3.05, 3.63) is 28.5 Å². The van der Waals surface area contributed by atoms with Crippen LogP contribution in [0.4, 0.5) is 10.8 Å². The maximum atomic E-state index is 9.22.